The van der Waals surface area contributed by atoms with Crippen LogP contribution < -0.4 is 0 Å². The highest BCUT2D eigenvalue weighted by Crippen LogP contribution is 2.32. The van der Waals surface area contributed by atoms with Crippen LogP contribution in [0.15, 0.2) is 23.6 Å². The Hall–Kier alpha value is -2.35. The van der Waals surface area contributed by atoms with E-state index in [1.807, 2.05) is 0 Å². The number of carboxylic acid groups (broad SMARTS) is 1. The van der Waals surface area contributed by atoms with Crippen molar-refractivity contribution in [2.75, 3.05) is 0 Å². The molecule has 0 saturated heterocycles. The number of carbonyl (C=O) groups is 2. The molecule has 1 N–H and O–H groups in total. The number of hydrogen-bond donors (Lipinski definition) is 1. The van der Waals surface area contributed by atoms with Gasteiger partial charge in [0.05, 0.1) is 0 Å². The van der Waals surface area contributed by atoms with E-state index in [1.165, 1.54) is 23.3 Å². The number of carboxylic acids is 1. The Morgan fingerprint density at radius 3 is 2.62 bits per heavy atom. The molecule has 0 spiro atoms. The Balaban J connectivity index is 1.87. The summed E-state index contributed by atoms with van der Waals surface area (Å²) in [6.45, 7) is 1.46. The number of nitrogens with zero attached hydrogens (tertiary/aromatic N) is 2. The van der Waals surface area contributed by atoms with Gasteiger partial charge in [0.15, 0.2) is 11.6 Å². The van der Waals surface area contributed by atoms with Crippen LogP contribution in [0.25, 0.3) is 10.6 Å². The van der Waals surface area contributed by atoms with Gasteiger partial charge in [0.25, 0.3) is 5.91 Å². The van der Waals surface area contributed by atoms with Crippen LogP contribution >= 0.6 is 11.3 Å². The van der Waals surface area contributed by atoms with Gasteiger partial charge in [-0.05, 0) is 38.0 Å². The fourth-order valence-electron chi connectivity index (χ4n) is 2.40. The maximum atomic E-state index is 13.3. The van der Waals surface area contributed by atoms with Crippen molar-refractivity contribution in [1.82, 2.24) is 9.88 Å². The molecule has 3 rings (SSSR count). The van der Waals surface area contributed by atoms with E-state index in [9.17, 15) is 23.5 Å². The molecule has 24 heavy (non-hydrogen) atoms. The number of thiazole rings is 1. The lowest BCUT2D eigenvalue weighted by molar-refractivity contribution is -0.141. The summed E-state index contributed by atoms with van der Waals surface area (Å²) in [7, 11) is 0. The van der Waals surface area contributed by atoms with Crippen LogP contribution in [-0.2, 0) is 4.79 Å². The third-order valence-corrected chi connectivity index (χ3v) is 4.73. The molecule has 1 saturated carbocycles. The number of aliphatic carboxylic acids is 1. The minimum absolute atomic E-state index is 0.0861. The number of hydrogen-bond acceptors (Lipinski definition) is 4. The summed E-state index contributed by atoms with van der Waals surface area (Å²) < 4.78 is 26.3. The Labute approximate surface area is 140 Å². The zero-order valence-electron chi connectivity index (χ0n) is 12.7. The molecule has 5 nitrogen and oxygen atoms in total. The van der Waals surface area contributed by atoms with Crippen molar-refractivity contribution < 1.29 is 23.5 Å². The second kappa shape index (κ2) is 6.27. The van der Waals surface area contributed by atoms with E-state index in [0.717, 1.165) is 36.3 Å². The minimum atomic E-state index is -1.08. The van der Waals surface area contributed by atoms with E-state index in [-0.39, 0.29) is 11.7 Å². The van der Waals surface area contributed by atoms with Gasteiger partial charge in [0.1, 0.15) is 16.7 Å². The van der Waals surface area contributed by atoms with E-state index in [4.69, 9.17) is 0 Å². The van der Waals surface area contributed by atoms with E-state index < -0.39 is 29.6 Å². The van der Waals surface area contributed by atoms with Gasteiger partial charge in [0.2, 0.25) is 0 Å². The lowest BCUT2D eigenvalue weighted by atomic mass is 10.2. The molecule has 126 valence electrons. The molecular weight excluding hydrogens is 338 g/mol. The van der Waals surface area contributed by atoms with Crippen LogP contribution in [0.1, 0.15) is 30.3 Å². The quantitative estimate of drug-likeness (QED) is 0.897. The minimum Gasteiger partial charge on any atom is -0.480 e. The topological polar surface area (TPSA) is 70.5 Å². The molecule has 8 heteroatoms. The fourth-order valence-corrected chi connectivity index (χ4v) is 3.19. The first-order valence-corrected chi connectivity index (χ1v) is 8.23. The number of benzene rings is 1. The normalized spacial score (nSPS) is 15.1. The molecule has 1 unspecified atom stereocenters. The zero-order valence-corrected chi connectivity index (χ0v) is 13.5. The largest absolute Gasteiger partial charge is 0.480 e. The molecule has 0 aliphatic heterocycles. The Bertz CT molecular complexity index is 804. The van der Waals surface area contributed by atoms with Gasteiger partial charge in [-0.2, -0.15) is 0 Å². The molecular formula is C16H14F2N2O3S. The van der Waals surface area contributed by atoms with E-state index in [1.54, 1.807) is 0 Å². The van der Waals surface area contributed by atoms with Crippen molar-refractivity contribution in [3.05, 3.63) is 40.9 Å². The maximum absolute atomic E-state index is 13.3. The third kappa shape index (κ3) is 3.14. The second-order valence-electron chi connectivity index (χ2n) is 5.62. The molecule has 0 bridgehead atoms. The van der Waals surface area contributed by atoms with Crippen molar-refractivity contribution in [3.8, 4) is 10.6 Å². The van der Waals surface area contributed by atoms with Crippen LogP contribution in [-0.4, -0.2) is 39.0 Å². The first-order valence-electron chi connectivity index (χ1n) is 7.35. The molecule has 2 aromatic rings. The third-order valence-electron chi connectivity index (χ3n) is 3.84. The summed E-state index contributed by atoms with van der Waals surface area (Å²) >= 11 is 1.12. The van der Waals surface area contributed by atoms with Gasteiger partial charge in [-0.15, -0.1) is 11.3 Å². The predicted molar refractivity (Wildman–Crippen MR) is 83.8 cm³/mol. The second-order valence-corrected chi connectivity index (χ2v) is 6.48. The molecule has 1 aromatic carbocycles. The Morgan fingerprint density at radius 2 is 2.04 bits per heavy atom. The van der Waals surface area contributed by atoms with E-state index in [2.05, 4.69) is 4.98 Å². The van der Waals surface area contributed by atoms with Crippen molar-refractivity contribution >= 4 is 23.2 Å². The molecule has 0 radical (unpaired) electrons. The summed E-state index contributed by atoms with van der Waals surface area (Å²) in [6, 6.07) is 2.36. The van der Waals surface area contributed by atoms with Gasteiger partial charge in [-0.1, -0.05) is 0 Å². The number of halogens is 2. The van der Waals surface area contributed by atoms with E-state index in [0.29, 0.717) is 10.6 Å². The van der Waals surface area contributed by atoms with Gasteiger partial charge in [-0.25, -0.2) is 18.6 Å². The molecule has 1 aromatic heterocycles. The fraction of sp³-hybridized carbons (Fsp3) is 0.312. The van der Waals surface area contributed by atoms with Gasteiger partial charge in [-0.3, -0.25) is 4.79 Å². The number of amides is 1. The van der Waals surface area contributed by atoms with E-state index >= 15 is 0 Å². The Morgan fingerprint density at radius 1 is 1.33 bits per heavy atom. The first-order chi connectivity index (χ1) is 11.4. The summed E-state index contributed by atoms with van der Waals surface area (Å²) in [5, 5.41) is 11.0. The lowest BCUT2D eigenvalue weighted by Gasteiger charge is -2.25. The molecule has 1 heterocycles. The average molecular weight is 352 g/mol. The van der Waals surface area contributed by atoms with Crippen molar-refractivity contribution in [1.29, 1.82) is 0 Å². The predicted octanol–water partition coefficient (Wildman–Crippen LogP) is 3.17. The van der Waals surface area contributed by atoms with Crippen molar-refractivity contribution in [2.24, 2.45) is 0 Å². The highest BCUT2D eigenvalue weighted by Gasteiger charge is 2.39. The highest BCUT2D eigenvalue weighted by molar-refractivity contribution is 7.13. The molecule has 1 amide bonds. The highest BCUT2D eigenvalue weighted by atomic mass is 32.1. The lowest BCUT2D eigenvalue weighted by Crippen LogP contribution is -2.44. The molecule has 1 aliphatic carbocycles. The van der Waals surface area contributed by atoms with Crippen molar-refractivity contribution in [3.63, 3.8) is 0 Å². The molecule has 1 atom stereocenters. The zero-order chi connectivity index (χ0) is 17.4. The van der Waals surface area contributed by atoms with Gasteiger partial charge < -0.3 is 10.0 Å². The van der Waals surface area contributed by atoms with Crippen LogP contribution in [0, 0.1) is 11.6 Å². The maximum Gasteiger partial charge on any atom is 0.326 e. The standard InChI is InChI=1S/C16H14F2N2O3S/c1-8(16(22)23)20(10-3-4-10)15(21)13-7-24-14(19-13)9-2-5-11(17)12(18)6-9/h2,5-8,10H,3-4H2,1H3,(H,22,23). The monoisotopic (exact) mass is 352 g/mol. The smallest absolute Gasteiger partial charge is 0.326 e. The van der Waals surface area contributed by atoms with Gasteiger partial charge in [0, 0.05) is 17.0 Å². The summed E-state index contributed by atoms with van der Waals surface area (Å²) in [5.74, 6) is -3.49. The summed E-state index contributed by atoms with van der Waals surface area (Å²) in [5.41, 5.74) is 0.474. The number of rotatable bonds is 5. The van der Waals surface area contributed by atoms with Crippen LogP contribution in [0.4, 0.5) is 8.78 Å². The van der Waals surface area contributed by atoms with Crippen molar-refractivity contribution in [2.45, 2.75) is 31.8 Å². The number of carbonyl (C=O) groups excluding carboxylic acids is 1. The van der Waals surface area contributed by atoms with Crippen LogP contribution in [0.5, 0.6) is 0 Å². The Kier molecular flexibility index (Phi) is 4.31. The SMILES string of the molecule is CC(C(=O)O)N(C(=O)c1csc(-c2ccc(F)c(F)c2)n1)C1CC1. The molecule has 1 aliphatic rings. The van der Waals surface area contributed by atoms with Crippen LogP contribution in [0.2, 0.25) is 0 Å². The van der Waals surface area contributed by atoms with Gasteiger partial charge >= 0.3 is 5.97 Å². The first kappa shape index (κ1) is 16.5. The molecule has 1 fully saturated rings. The summed E-state index contributed by atoms with van der Waals surface area (Å²) in [6.07, 6.45) is 1.53. The number of aromatic nitrogens is 1. The average Bonchev–Trinajstić information content (AvgIpc) is 3.24. The summed E-state index contributed by atoms with van der Waals surface area (Å²) in [4.78, 5) is 29.3. The van der Waals surface area contributed by atoms with Crippen LogP contribution in [0.3, 0.4) is 0 Å².